The van der Waals surface area contributed by atoms with E-state index in [1.807, 2.05) is 12.1 Å². The van der Waals surface area contributed by atoms with Gasteiger partial charge in [-0.25, -0.2) is 0 Å². The zero-order valence-corrected chi connectivity index (χ0v) is 15.0. The average Bonchev–Trinajstić information content (AvgIpc) is 2.95. The lowest BCUT2D eigenvalue weighted by atomic mass is 9.53. The molecular formula is C21H27NO3. The molecule has 2 N–H and O–H groups in total. The Labute approximate surface area is 149 Å². The van der Waals surface area contributed by atoms with Crippen molar-refractivity contribution in [2.45, 2.75) is 62.7 Å². The molecule has 0 radical (unpaired) electrons. The standard InChI is InChI=1S/C21H27NO3/c1-3-4-5-12-10-17(24)19-18-13(12)11-15-14-6-7-16(23)20(25-19)21(14,18)8-9-22(15)2/h6-7,10,14-16,20,23-24H,3-5,8-9,11H2,1-2H3/t14-,15+,16-,20-,21-/m0/s1. The second kappa shape index (κ2) is 5.24. The van der Waals surface area contributed by atoms with Crippen molar-refractivity contribution in [2.75, 3.05) is 13.6 Å². The summed E-state index contributed by atoms with van der Waals surface area (Å²) in [7, 11) is 2.22. The fourth-order valence-corrected chi connectivity index (χ4v) is 5.99. The summed E-state index contributed by atoms with van der Waals surface area (Å²) in [5.41, 5.74) is 3.72. The molecule has 1 aromatic carbocycles. The van der Waals surface area contributed by atoms with E-state index in [4.69, 9.17) is 4.74 Å². The van der Waals surface area contributed by atoms with Crippen molar-refractivity contribution in [1.82, 2.24) is 4.90 Å². The number of nitrogens with zero attached hydrogens (tertiary/aromatic N) is 1. The normalized spacial score (nSPS) is 37.7. The Balaban J connectivity index is 1.77. The zero-order valence-electron chi connectivity index (χ0n) is 15.0. The number of benzene rings is 1. The van der Waals surface area contributed by atoms with Crippen LogP contribution in [0.5, 0.6) is 11.5 Å². The lowest BCUT2D eigenvalue weighted by Gasteiger charge is -2.56. The molecule has 1 spiro atoms. The van der Waals surface area contributed by atoms with Gasteiger partial charge in [0.1, 0.15) is 12.2 Å². The van der Waals surface area contributed by atoms with E-state index >= 15 is 0 Å². The molecule has 5 atom stereocenters. The first-order valence-corrected chi connectivity index (χ1v) is 9.69. The van der Waals surface area contributed by atoms with Crippen molar-refractivity contribution in [3.63, 3.8) is 0 Å². The number of hydrogen-bond donors (Lipinski definition) is 2. The second-order valence-electron chi connectivity index (χ2n) is 8.32. The molecule has 0 amide bonds. The molecule has 134 valence electrons. The topological polar surface area (TPSA) is 52.9 Å². The molecule has 1 aromatic rings. The van der Waals surface area contributed by atoms with Gasteiger partial charge in [0.05, 0.1) is 0 Å². The van der Waals surface area contributed by atoms with Crippen LogP contribution >= 0.6 is 0 Å². The minimum absolute atomic E-state index is 0.173. The molecule has 4 nitrogen and oxygen atoms in total. The molecular weight excluding hydrogens is 314 g/mol. The number of aromatic hydroxyl groups is 1. The number of aliphatic hydroxyl groups is 1. The number of phenols is 1. The molecule has 5 rings (SSSR count). The third-order valence-electron chi connectivity index (χ3n) is 7.17. The lowest BCUT2D eigenvalue weighted by Crippen LogP contribution is -2.64. The van der Waals surface area contributed by atoms with E-state index in [9.17, 15) is 10.2 Å². The molecule has 1 saturated heterocycles. The van der Waals surface area contributed by atoms with Crippen LogP contribution in [-0.2, 0) is 18.3 Å². The number of aryl methyl sites for hydroxylation is 1. The van der Waals surface area contributed by atoms with Crippen LogP contribution in [0.1, 0.15) is 42.9 Å². The number of phenolic OH excluding ortho intramolecular Hbond substituents is 1. The number of likely N-dealkylation sites (tertiary alicyclic amines) is 1. The molecule has 0 saturated carbocycles. The molecule has 1 fully saturated rings. The van der Waals surface area contributed by atoms with Crippen LogP contribution in [0.2, 0.25) is 0 Å². The SMILES string of the molecule is CCCCc1cc(O)c2c3c1C[C@@H]1[C@@H]4C=C[C@H](O)[C@H](O2)[C@]34CCN1C. The Bertz CT molecular complexity index is 758. The van der Waals surface area contributed by atoms with Gasteiger partial charge in [0, 0.05) is 22.9 Å². The number of aliphatic hydroxyl groups excluding tert-OH is 1. The number of likely N-dealkylation sites (N-methyl/N-ethyl adjacent to an activating group) is 1. The van der Waals surface area contributed by atoms with Gasteiger partial charge < -0.3 is 19.8 Å². The maximum atomic E-state index is 10.7. The third kappa shape index (κ3) is 1.85. The molecule has 0 unspecified atom stereocenters. The van der Waals surface area contributed by atoms with Gasteiger partial charge in [0.15, 0.2) is 11.5 Å². The summed E-state index contributed by atoms with van der Waals surface area (Å²) < 4.78 is 6.25. The van der Waals surface area contributed by atoms with Gasteiger partial charge in [0.25, 0.3) is 0 Å². The fraction of sp³-hybridized carbons (Fsp3) is 0.619. The molecule has 2 aliphatic carbocycles. The molecule has 25 heavy (non-hydrogen) atoms. The highest BCUT2D eigenvalue weighted by Gasteiger charge is 2.64. The predicted molar refractivity (Wildman–Crippen MR) is 96.2 cm³/mol. The summed E-state index contributed by atoms with van der Waals surface area (Å²) in [4.78, 5) is 2.48. The van der Waals surface area contributed by atoms with Gasteiger partial charge in [-0.3, -0.25) is 0 Å². The van der Waals surface area contributed by atoms with E-state index in [1.165, 1.54) is 16.7 Å². The third-order valence-corrected chi connectivity index (χ3v) is 7.17. The molecule has 2 aliphatic heterocycles. The predicted octanol–water partition coefficient (Wildman–Crippen LogP) is 2.54. The quantitative estimate of drug-likeness (QED) is 0.830. The van der Waals surface area contributed by atoms with Gasteiger partial charge in [-0.15, -0.1) is 0 Å². The van der Waals surface area contributed by atoms with Crippen molar-refractivity contribution >= 4 is 0 Å². The Hall–Kier alpha value is -1.52. The second-order valence-corrected chi connectivity index (χ2v) is 8.32. The molecule has 4 heteroatoms. The smallest absolute Gasteiger partial charge is 0.165 e. The molecule has 0 aromatic heterocycles. The summed E-state index contributed by atoms with van der Waals surface area (Å²) >= 11 is 0. The molecule has 4 aliphatic rings. The number of rotatable bonds is 3. The number of ether oxygens (including phenoxy) is 1. The highest BCUT2D eigenvalue weighted by atomic mass is 16.5. The highest BCUT2D eigenvalue weighted by molar-refractivity contribution is 5.64. The Morgan fingerprint density at radius 2 is 2.20 bits per heavy atom. The van der Waals surface area contributed by atoms with Crippen LogP contribution < -0.4 is 4.74 Å². The summed E-state index contributed by atoms with van der Waals surface area (Å²) in [6, 6.07) is 2.38. The van der Waals surface area contributed by atoms with Gasteiger partial charge in [-0.05, 0) is 56.5 Å². The maximum Gasteiger partial charge on any atom is 0.165 e. The Morgan fingerprint density at radius 1 is 1.36 bits per heavy atom. The van der Waals surface area contributed by atoms with Crippen LogP contribution in [0.15, 0.2) is 18.2 Å². The highest BCUT2D eigenvalue weighted by Crippen LogP contribution is 2.63. The van der Waals surface area contributed by atoms with Crippen LogP contribution in [0.3, 0.4) is 0 Å². The van der Waals surface area contributed by atoms with Crippen LogP contribution in [0.25, 0.3) is 0 Å². The Kier molecular flexibility index (Phi) is 3.29. The summed E-state index contributed by atoms with van der Waals surface area (Å²) in [5.74, 6) is 1.27. The van der Waals surface area contributed by atoms with E-state index in [-0.39, 0.29) is 17.3 Å². The van der Waals surface area contributed by atoms with E-state index in [1.54, 1.807) is 0 Å². The molecule has 2 heterocycles. The number of unbranched alkanes of at least 4 members (excludes halogenated alkanes) is 1. The summed E-state index contributed by atoms with van der Waals surface area (Å²) in [6.07, 6.45) is 8.55. The summed E-state index contributed by atoms with van der Waals surface area (Å²) in [6.45, 7) is 3.22. The van der Waals surface area contributed by atoms with Crippen molar-refractivity contribution < 1.29 is 14.9 Å². The van der Waals surface area contributed by atoms with Crippen LogP contribution in [0, 0.1) is 5.92 Å². The first kappa shape index (κ1) is 15.7. The largest absolute Gasteiger partial charge is 0.504 e. The minimum atomic E-state index is -0.600. The lowest BCUT2D eigenvalue weighted by molar-refractivity contribution is -0.0454. The van der Waals surface area contributed by atoms with Crippen LogP contribution in [-0.4, -0.2) is 47.0 Å². The van der Waals surface area contributed by atoms with E-state index in [0.717, 1.165) is 38.6 Å². The van der Waals surface area contributed by atoms with Crippen LogP contribution in [0.4, 0.5) is 0 Å². The first-order valence-electron chi connectivity index (χ1n) is 9.69. The molecule has 2 bridgehead atoms. The van der Waals surface area contributed by atoms with Gasteiger partial charge in [-0.2, -0.15) is 0 Å². The average molecular weight is 341 g/mol. The number of hydrogen-bond acceptors (Lipinski definition) is 4. The van der Waals surface area contributed by atoms with Gasteiger partial charge >= 0.3 is 0 Å². The minimum Gasteiger partial charge on any atom is -0.504 e. The Morgan fingerprint density at radius 3 is 3.00 bits per heavy atom. The number of piperidine rings is 1. The van der Waals surface area contributed by atoms with Crippen molar-refractivity contribution in [3.8, 4) is 11.5 Å². The van der Waals surface area contributed by atoms with E-state index in [0.29, 0.717) is 17.7 Å². The van der Waals surface area contributed by atoms with Gasteiger partial charge in [0.2, 0.25) is 0 Å². The first-order chi connectivity index (χ1) is 12.1. The maximum absolute atomic E-state index is 10.7. The summed E-state index contributed by atoms with van der Waals surface area (Å²) in [5, 5.41) is 21.3. The monoisotopic (exact) mass is 341 g/mol. The van der Waals surface area contributed by atoms with E-state index in [2.05, 4.69) is 24.9 Å². The van der Waals surface area contributed by atoms with E-state index < -0.39 is 6.10 Å². The van der Waals surface area contributed by atoms with Gasteiger partial charge in [-0.1, -0.05) is 25.5 Å². The van der Waals surface area contributed by atoms with Crippen molar-refractivity contribution in [1.29, 1.82) is 0 Å². The fourth-order valence-electron chi connectivity index (χ4n) is 5.99. The zero-order chi connectivity index (χ0) is 17.3. The van der Waals surface area contributed by atoms with Crippen molar-refractivity contribution in [2.24, 2.45) is 5.92 Å². The van der Waals surface area contributed by atoms with Crippen molar-refractivity contribution in [3.05, 3.63) is 34.9 Å².